The maximum atomic E-state index is 11.7. The second kappa shape index (κ2) is 8.57. The third-order valence-electron chi connectivity index (χ3n) is 4.34. The van der Waals surface area contributed by atoms with Gasteiger partial charge in [-0.05, 0) is 0 Å². The number of nitrogens with zero attached hydrogens (tertiary/aromatic N) is 3. The molecule has 2 N–H and O–H groups in total. The zero-order chi connectivity index (χ0) is 21.1. The summed E-state index contributed by atoms with van der Waals surface area (Å²) in [5.74, 6) is -1.40. The van der Waals surface area contributed by atoms with E-state index in [0.29, 0.717) is 11.4 Å². The summed E-state index contributed by atoms with van der Waals surface area (Å²) in [7, 11) is 0. The predicted octanol–water partition coefficient (Wildman–Crippen LogP) is -0.306. The average molecular weight is 410 g/mol. The molecule has 0 aliphatic carbocycles. The Kier molecular flexibility index (Phi) is 6.13. The van der Waals surface area contributed by atoms with Crippen LogP contribution < -0.4 is 5.32 Å². The molecule has 0 aromatic carbocycles. The number of anilines is 1. The lowest BCUT2D eigenvalue weighted by atomic mass is 10.1. The number of aliphatic hydroxyl groups excluding tert-OH is 1. The van der Waals surface area contributed by atoms with Crippen LogP contribution in [0.1, 0.15) is 38.7 Å². The molecule has 29 heavy (non-hydrogen) atoms. The van der Waals surface area contributed by atoms with Crippen molar-refractivity contribution in [2.75, 3.05) is 18.5 Å². The van der Waals surface area contributed by atoms with E-state index < -0.39 is 48.6 Å². The summed E-state index contributed by atoms with van der Waals surface area (Å²) in [5.41, 5.74) is 0.472. The van der Waals surface area contributed by atoms with Crippen LogP contribution in [0, 0.1) is 0 Å². The number of fused-ring (bicyclic) bond motifs is 1. The molecule has 3 rings (SSSR count). The van der Waals surface area contributed by atoms with Gasteiger partial charge in [-0.1, -0.05) is 0 Å². The van der Waals surface area contributed by atoms with E-state index in [1.807, 2.05) is 0 Å². The van der Waals surface area contributed by atoms with Crippen LogP contribution in [0.5, 0.6) is 0 Å². The topological polar surface area (TPSA) is 151 Å². The summed E-state index contributed by atoms with van der Waals surface area (Å²) in [6.07, 6.45) is -2.07. The molecule has 0 amide bonds. The number of aliphatic imine (C=N–C) groups is 1. The summed E-state index contributed by atoms with van der Waals surface area (Å²) in [5, 5.41) is 17.4. The standard InChI is InChI=1S/C17H22N4O8/c1-8(22)26-6-13-14(27-9(2)23)15(28-10(3)24)17(29-13)21-16-11(4-20-21)12(25)5-18-7-19-16/h4,7,12-15,17,25H,5-6H2,1-3H3,(H,18,19)/t12?,13-,14-,15-,17-/m1/s1. The molecule has 12 heteroatoms. The highest BCUT2D eigenvalue weighted by molar-refractivity contribution is 5.76. The van der Waals surface area contributed by atoms with Gasteiger partial charge < -0.3 is 29.4 Å². The molecule has 0 saturated carbocycles. The van der Waals surface area contributed by atoms with Gasteiger partial charge in [-0.3, -0.25) is 19.4 Å². The molecule has 1 aromatic heterocycles. The lowest BCUT2D eigenvalue weighted by Crippen LogP contribution is -2.40. The lowest BCUT2D eigenvalue weighted by Gasteiger charge is -2.24. The molecular weight excluding hydrogens is 388 g/mol. The number of aliphatic hydroxyl groups is 1. The monoisotopic (exact) mass is 410 g/mol. The Bertz CT molecular complexity index is 822. The van der Waals surface area contributed by atoms with Gasteiger partial charge in [0.2, 0.25) is 0 Å². The molecule has 0 radical (unpaired) electrons. The fourth-order valence-electron chi connectivity index (χ4n) is 3.21. The predicted molar refractivity (Wildman–Crippen MR) is 95.8 cm³/mol. The van der Waals surface area contributed by atoms with E-state index in [1.54, 1.807) is 0 Å². The first-order valence-corrected chi connectivity index (χ1v) is 8.91. The Morgan fingerprint density at radius 2 is 1.90 bits per heavy atom. The summed E-state index contributed by atoms with van der Waals surface area (Å²) >= 11 is 0. The molecule has 0 bridgehead atoms. The summed E-state index contributed by atoms with van der Waals surface area (Å²) in [6.45, 7) is 3.57. The normalized spacial score (nSPS) is 28.1. The van der Waals surface area contributed by atoms with Crippen LogP contribution in [0.2, 0.25) is 0 Å². The van der Waals surface area contributed by atoms with Gasteiger partial charge in [0.05, 0.1) is 19.1 Å². The summed E-state index contributed by atoms with van der Waals surface area (Å²) < 4.78 is 23.0. The minimum atomic E-state index is -1.07. The number of rotatable bonds is 5. The Morgan fingerprint density at radius 1 is 1.21 bits per heavy atom. The highest BCUT2D eigenvalue weighted by atomic mass is 16.7. The van der Waals surface area contributed by atoms with E-state index in [2.05, 4.69) is 15.4 Å². The van der Waals surface area contributed by atoms with Crippen molar-refractivity contribution in [2.24, 2.45) is 4.99 Å². The van der Waals surface area contributed by atoms with E-state index in [9.17, 15) is 19.5 Å². The smallest absolute Gasteiger partial charge is 0.303 e. The van der Waals surface area contributed by atoms with Crippen molar-refractivity contribution < 1.29 is 38.4 Å². The maximum Gasteiger partial charge on any atom is 0.303 e. The summed E-state index contributed by atoms with van der Waals surface area (Å²) in [6, 6.07) is 0. The Morgan fingerprint density at radius 3 is 2.55 bits per heavy atom. The van der Waals surface area contributed by atoms with Crippen molar-refractivity contribution >= 4 is 30.1 Å². The number of hydrogen-bond donors (Lipinski definition) is 2. The van der Waals surface area contributed by atoms with Crippen molar-refractivity contribution in [3.05, 3.63) is 11.8 Å². The van der Waals surface area contributed by atoms with Crippen LogP contribution in [0.25, 0.3) is 0 Å². The van der Waals surface area contributed by atoms with Gasteiger partial charge in [-0.2, -0.15) is 5.10 Å². The third-order valence-corrected chi connectivity index (χ3v) is 4.34. The van der Waals surface area contributed by atoms with E-state index in [4.69, 9.17) is 18.9 Å². The molecule has 2 aliphatic rings. The number of esters is 3. The maximum absolute atomic E-state index is 11.7. The van der Waals surface area contributed by atoms with Gasteiger partial charge in [-0.25, -0.2) is 4.68 Å². The zero-order valence-corrected chi connectivity index (χ0v) is 16.1. The number of carbonyl (C=O) groups excluding carboxylic acids is 3. The fraction of sp³-hybridized carbons (Fsp3) is 0.588. The average Bonchev–Trinajstić information content (AvgIpc) is 3.12. The number of ether oxygens (including phenoxy) is 4. The van der Waals surface area contributed by atoms with E-state index in [0.717, 1.165) is 0 Å². The van der Waals surface area contributed by atoms with Gasteiger partial charge in [0.1, 0.15) is 24.6 Å². The number of hydrogen-bond acceptors (Lipinski definition) is 11. The van der Waals surface area contributed by atoms with E-state index >= 15 is 0 Å². The molecule has 1 aromatic rings. The molecule has 1 saturated heterocycles. The minimum absolute atomic E-state index is 0.149. The first-order chi connectivity index (χ1) is 13.8. The van der Waals surface area contributed by atoms with Crippen LogP contribution in [0.15, 0.2) is 11.2 Å². The largest absolute Gasteiger partial charge is 0.463 e. The molecule has 3 heterocycles. The van der Waals surface area contributed by atoms with Crippen LogP contribution in [0.3, 0.4) is 0 Å². The minimum Gasteiger partial charge on any atom is -0.463 e. The zero-order valence-electron chi connectivity index (χ0n) is 16.1. The van der Waals surface area contributed by atoms with Gasteiger partial charge >= 0.3 is 17.9 Å². The summed E-state index contributed by atoms with van der Waals surface area (Å²) in [4.78, 5) is 38.6. The van der Waals surface area contributed by atoms with E-state index in [-0.39, 0.29) is 13.2 Å². The molecule has 1 unspecified atom stereocenters. The molecule has 2 aliphatic heterocycles. The molecule has 158 valence electrons. The van der Waals surface area contributed by atoms with Crippen LogP contribution in [-0.2, 0) is 33.3 Å². The van der Waals surface area contributed by atoms with Crippen molar-refractivity contribution in [1.29, 1.82) is 0 Å². The van der Waals surface area contributed by atoms with Crippen molar-refractivity contribution in [2.45, 2.75) is 51.4 Å². The van der Waals surface area contributed by atoms with Gasteiger partial charge in [0.15, 0.2) is 18.4 Å². The highest BCUT2D eigenvalue weighted by Crippen LogP contribution is 2.37. The van der Waals surface area contributed by atoms with Crippen molar-refractivity contribution in [3.63, 3.8) is 0 Å². The van der Waals surface area contributed by atoms with Gasteiger partial charge in [0, 0.05) is 26.3 Å². The highest BCUT2D eigenvalue weighted by Gasteiger charge is 2.51. The van der Waals surface area contributed by atoms with Crippen molar-refractivity contribution in [3.8, 4) is 0 Å². The molecule has 0 spiro atoms. The molecule has 12 nitrogen and oxygen atoms in total. The molecule has 5 atom stereocenters. The second-order valence-electron chi connectivity index (χ2n) is 6.56. The first-order valence-electron chi connectivity index (χ1n) is 8.91. The number of nitrogens with one attached hydrogen (secondary N) is 1. The quantitative estimate of drug-likeness (QED) is 0.489. The number of carbonyl (C=O) groups is 3. The first kappa shape index (κ1) is 20.7. The Labute approximate surface area is 165 Å². The lowest BCUT2D eigenvalue weighted by molar-refractivity contribution is -0.166. The van der Waals surface area contributed by atoms with Crippen LogP contribution in [-0.4, -0.2) is 70.6 Å². The Balaban J connectivity index is 1.97. The van der Waals surface area contributed by atoms with Crippen LogP contribution >= 0.6 is 0 Å². The third kappa shape index (κ3) is 4.54. The molecule has 1 fully saturated rings. The van der Waals surface area contributed by atoms with Gasteiger partial charge in [-0.15, -0.1) is 0 Å². The van der Waals surface area contributed by atoms with E-state index in [1.165, 1.54) is 38.0 Å². The van der Waals surface area contributed by atoms with Crippen molar-refractivity contribution in [1.82, 2.24) is 9.78 Å². The fourth-order valence-corrected chi connectivity index (χ4v) is 3.21. The van der Waals surface area contributed by atoms with Crippen LogP contribution in [0.4, 0.5) is 5.82 Å². The molecular formula is C17H22N4O8. The number of aromatic nitrogens is 2. The SMILES string of the molecule is CC(=O)OC[C@H]1O[C@@H](n2ncc3c2NC=NCC3O)[C@H](OC(C)=O)[C@@H]1OC(C)=O. The second-order valence-corrected chi connectivity index (χ2v) is 6.56. The van der Waals surface area contributed by atoms with Gasteiger partial charge in [0.25, 0.3) is 0 Å². The Hall–Kier alpha value is -2.99.